The largest absolute Gasteiger partial charge is 0.317 e. The van der Waals surface area contributed by atoms with Crippen LogP contribution in [0.25, 0.3) is 0 Å². The fraction of sp³-hybridized carbons (Fsp3) is 0.571. The zero-order chi connectivity index (χ0) is 12.7. The van der Waals surface area contributed by atoms with Crippen LogP contribution in [0.2, 0.25) is 5.02 Å². The molecule has 0 aromatic heterocycles. The molecule has 0 fully saturated rings. The van der Waals surface area contributed by atoms with Gasteiger partial charge in [-0.25, -0.2) is 0 Å². The maximum Gasteiger partial charge on any atom is 0.0449 e. The van der Waals surface area contributed by atoms with Crippen molar-refractivity contribution >= 4 is 27.5 Å². The molecule has 0 saturated heterocycles. The molecule has 0 radical (unpaired) electrons. The SMILES string of the molecule is CCCC(CNCC)Cc1ccc(Br)cc1Cl. The second-order valence-corrected chi connectivity index (χ2v) is 5.73. The summed E-state index contributed by atoms with van der Waals surface area (Å²) in [6.45, 7) is 6.50. The minimum absolute atomic E-state index is 0.679. The van der Waals surface area contributed by atoms with Crippen LogP contribution in [0.1, 0.15) is 32.3 Å². The fourth-order valence-electron chi connectivity index (χ4n) is 2.03. The molecular weight excluding hydrogens is 298 g/mol. The molecule has 0 heterocycles. The lowest BCUT2D eigenvalue weighted by atomic mass is 9.95. The van der Waals surface area contributed by atoms with Crippen molar-refractivity contribution in [3.63, 3.8) is 0 Å². The number of nitrogens with one attached hydrogen (secondary N) is 1. The monoisotopic (exact) mass is 317 g/mol. The average Bonchev–Trinajstić information content (AvgIpc) is 2.29. The lowest BCUT2D eigenvalue weighted by Crippen LogP contribution is -2.24. The third kappa shape index (κ3) is 5.41. The van der Waals surface area contributed by atoms with Crippen molar-refractivity contribution in [2.45, 2.75) is 33.1 Å². The van der Waals surface area contributed by atoms with Gasteiger partial charge in [-0.1, -0.05) is 53.9 Å². The minimum Gasteiger partial charge on any atom is -0.317 e. The Labute approximate surface area is 118 Å². The number of hydrogen-bond donors (Lipinski definition) is 1. The van der Waals surface area contributed by atoms with Crippen LogP contribution in [0.4, 0.5) is 0 Å². The van der Waals surface area contributed by atoms with E-state index in [4.69, 9.17) is 11.6 Å². The van der Waals surface area contributed by atoms with Gasteiger partial charge in [-0.2, -0.15) is 0 Å². The van der Waals surface area contributed by atoms with Crippen molar-refractivity contribution in [3.05, 3.63) is 33.3 Å². The van der Waals surface area contributed by atoms with Crippen LogP contribution in [0.15, 0.2) is 22.7 Å². The van der Waals surface area contributed by atoms with Crippen molar-refractivity contribution in [1.29, 1.82) is 0 Å². The Bertz CT molecular complexity index is 341. The van der Waals surface area contributed by atoms with Gasteiger partial charge in [-0.3, -0.25) is 0 Å². The summed E-state index contributed by atoms with van der Waals surface area (Å²) in [4.78, 5) is 0. The Kier molecular flexibility index (Phi) is 7.17. The van der Waals surface area contributed by atoms with Crippen LogP contribution in [0, 0.1) is 5.92 Å². The van der Waals surface area contributed by atoms with Crippen LogP contribution in [0.3, 0.4) is 0 Å². The highest BCUT2D eigenvalue weighted by molar-refractivity contribution is 9.10. The first kappa shape index (κ1) is 15.0. The van der Waals surface area contributed by atoms with E-state index in [0.29, 0.717) is 5.92 Å². The Morgan fingerprint density at radius 2 is 2.12 bits per heavy atom. The summed E-state index contributed by atoms with van der Waals surface area (Å²) in [5.41, 5.74) is 1.26. The van der Waals surface area contributed by atoms with Gasteiger partial charge in [0.25, 0.3) is 0 Å². The van der Waals surface area contributed by atoms with Crippen molar-refractivity contribution in [3.8, 4) is 0 Å². The molecule has 3 heteroatoms. The Morgan fingerprint density at radius 3 is 2.71 bits per heavy atom. The number of halogens is 2. The van der Waals surface area contributed by atoms with Crippen molar-refractivity contribution in [2.24, 2.45) is 5.92 Å². The molecule has 1 aromatic carbocycles. The third-order valence-electron chi connectivity index (χ3n) is 2.90. The molecule has 1 unspecified atom stereocenters. The molecule has 0 saturated carbocycles. The molecule has 1 atom stereocenters. The molecule has 1 aromatic rings. The maximum absolute atomic E-state index is 6.26. The molecule has 1 rings (SSSR count). The second-order valence-electron chi connectivity index (χ2n) is 4.40. The van der Waals surface area contributed by atoms with Crippen molar-refractivity contribution < 1.29 is 0 Å². The molecule has 0 spiro atoms. The minimum atomic E-state index is 0.679. The lowest BCUT2D eigenvalue weighted by Gasteiger charge is -2.17. The highest BCUT2D eigenvalue weighted by atomic mass is 79.9. The Balaban J connectivity index is 2.64. The second kappa shape index (κ2) is 8.12. The lowest BCUT2D eigenvalue weighted by molar-refractivity contribution is 0.444. The Morgan fingerprint density at radius 1 is 1.35 bits per heavy atom. The summed E-state index contributed by atoms with van der Waals surface area (Å²) in [5, 5.41) is 4.30. The molecule has 0 aliphatic heterocycles. The molecule has 1 N–H and O–H groups in total. The summed E-state index contributed by atoms with van der Waals surface area (Å²) in [6, 6.07) is 6.17. The van der Waals surface area contributed by atoms with E-state index >= 15 is 0 Å². The van der Waals surface area contributed by atoms with Gasteiger partial charge >= 0.3 is 0 Å². The van der Waals surface area contributed by atoms with E-state index in [2.05, 4.69) is 47.2 Å². The van der Waals surface area contributed by atoms with E-state index in [0.717, 1.165) is 29.0 Å². The molecule has 0 aliphatic carbocycles. The fourth-order valence-corrected chi connectivity index (χ4v) is 2.78. The van der Waals surface area contributed by atoms with Crippen LogP contribution in [-0.2, 0) is 6.42 Å². The van der Waals surface area contributed by atoms with E-state index in [1.165, 1.54) is 18.4 Å². The standard InChI is InChI=1S/C14H21BrClN/c1-3-5-11(10-17-4-2)8-12-6-7-13(15)9-14(12)16/h6-7,9,11,17H,3-5,8,10H2,1-2H3. The van der Waals surface area contributed by atoms with Gasteiger partial charge in [0.2, 0.25) is 0 Å². The first-order valence-corrected chi connectivity index (χ1v) is 7.49. The predicted octanol–water partition coefficient (Wildman–Crippen LogP) is 4.67. The molecular formula is C14H21BrClN. The van der Waals surface area contributed by atoms with Crippen molar-refractivity contribution in [2.75, 3.05) is 13.1 Å². The zero-order valence-corrected chi connectivity index (χ0v) is 12.9. The van der Waals surface area contributed by atoms with Crippen LogP contribution in [-0.4, -0.2) is 13.1 Å². The normalized spacial score (nSPS) is 12.7. The van der Waals surface area contributed by atoms with Gasteiger partial charge in [0, 0.05) is 9.50 Å². The maximum atomic E-state index is 6.26. The number of benzene rings is 1. The van der Waals surface area contributed by atoms with E-state index in [-0.39, 0.29) is 0 Å². The van der Waals surface area contributed by atoms with E-state index in [9.17, 15) is 0 Å². The summed E-state index contributed by atoms with van der Waals surface area (Å²) < 4.78 is 1.05. The Hall–Kier alpha value is -0.0500. The van der Waals surface area contributed by atoms with Gasteiger partial charge in [0.15, 0.2) is 0 Å². The number of rotatable bonds is 7. The summed E-state index contributed by atoms with van der Waals surface area (Å²) in [5.74, 6) is 0.679. The highest BCUT2D eigenvalue weighted by Gasteiger charge is 2.10. The summed E-state index contributed by atoms with van der Waals surface area (Å²) in [7, 11) is 0. The molecule has 17 heavy (non-hydrogen) atoms. The van der Waals surface area contributed by atoms with Crippen LogP contribution < -0.4 is 5.32 Å². The number of hydrogen-bond acceptors (Lipinski definition) is 1. The van der Waals surface area contributed by atoms with Crippen LogP contribution in [0.5, 0.6) is 0 Å². The topological polar surface area (TPSA) is 12.0 Å². The van der Waals surface area contributed by atoms with Gasteiger partial charge in [-0.05, 0) is 49.5 Å². The summed E-state index contributed by atoms with van der Waals surface area (Å²) in [6.07, 6.45) is 3.54. The molecule has 0 bridgehead atoms. The molecule has 0 amide bonds. The van der Waals surface area contributed by atoms with E-state index in [1.54, 1.807) is 0 Å². The first-order chi connectivity index (χ1) is 8.17. The molecule has 0 aliphatic rings. The highest BCUT2D eigenvalue weighted by Crippen LogP contribution is 2.24. The molecule has 96 valence electrons. The van der Waals surface area contributed by atoms with E-state index in [1.807, 2.05) is 6.07 Å². The first-order valence-electron chi connectivity index (χ1n) is 6.32. The van der Waals surface area contributed by atoms with Gasteiger partial charge in [0.05, 0.1) is 0 Å². The average molecular weight is 319 g/mol. The zero-order valence-electron chi connectivity index (χ0n) is 10.6. The van der Waals surface area contributed by atoms with Gasteiger partial charge in [0.1, 0.15) is 0 Å². The van der Waals surface area contributed by atoms with E-state index < -0.39 is 0 Å². The predicted molar refractivity (Wildman–Crippen MR) is 79.8 cm³/mol. The van der Waals surface area contributed by atoms with Gasteiger partial charge in [-0.15, -0.1) is 0 Å². The smallest absolute Gasteiger partial charge is 0.0449 e. The molecule has 1 nitrogen and oxygen atoms in total. The quantitative estimate of drug-likeness (QED) is 0.770. The van der Waals surface area contributed by atoms with Crippen LogP contribution >= 0.6 is 27.5 Å². The van der Waals surface area contributed by atoms with Crippen molar-refractivity contribution in [1.82, 2.24) is 5.32 Å². The summed E-state index contributed by atoms with van der Waals surface area (Å²) >= 11 is 9.70. The van der Waals surface area contributed by atoms with Gasteiger partial charge < -0.3 is 5.32 Å². The third-order valence-corrected chi connectivity index (χ3v) is 3.75.